The molecule has 1 heterocycles. The van der Waals surface area contributed by atoms with Gasteiger partial charge in [-0.3, -0.25) is 4.79 Å². The summed E-state index contributed by atoms with van der Waals surface area (Å²) in [5, 5.41) is 18.9. The lowest BCUT2D eigenvalue weighted by Gasteiger charge is -2.06. The Hall–Kier alpha value is -4.17. The molecular formula is C26H19NO6S. The van der Waals surface area contributed by atoms with Crippen LogP contribution in [0.3, 0.4) is 0 Å². The van der Waals surface area contributed by atoms with Crippen LogP contribution in [0.5, 0.6) is 0 Å². The molecule has 8 heteroatoms. The van der Waals surface area contributed by atoms with Crippen molar-refractivity contribution >= 4 is 29.5 Å². The van der Waals surface area contributed by atoms with Crippen molar-refractivity contribution in [3.8, 4) is 22.6 Å². The summed E-state index contributed by atoms with van der Waals surface area (Å²) in [7, 11) is 0. The summed E-state index contributed by atoms with van der Waals surface area (Å²) in [6.07, 6.45) is -0.215. The summed E-state index contributed by atoms with van der Waals surface area (Å²) in [6, 6.07) is 22.7. The quantitative estimate of drug-likeness (QED) is 0.314. The Balaban J connectivity index is 1.55. The van der Waals surface area contributed by atoms with Crippen LogP contribution in [-0.4, -0.2) is 38.7 Å². The van der Waals surface area contributed by atoms with E-state index in [-0.39, 0.29) is 34.6 Å². The number of thioether (sulfide) groups is 1. The van der Waals surface area contributed by atoms with Gasteiger partial charge >= 0.3 is 11.9 Å². The minimum atomic E-state index is -1.22. The Morgan fingerprint density at radius 3 is 2.09 bits per heavy atom. The maximum atomic E-state index is 12.6. The summed E-state index contributed by atoms with van der Waals surface area (Å²) >= 11 is 1.11. The zero-order valence-electron chi connectivity index (χ0n) is 17.8. The van der Waals surface area contributed by atoms with Crippen LogP contribution < -0.4 is 0 Å². The number of rotatable bonds is 9. The third-order valence-electron chi connectivity index (χ3n) is 5.02. The zero-order chi connectivity index (χ0) is 24.1. The van der Waals surface area contributed by atoms with Crippen molar-refractivity contribution in [1.82, 2.24) is 4.98 Å². The van der Waals surface area contributed by atoms with Crippen LogP contribution in [0.25, 0.3) is 22.6 Å². The molecule has 1 aromatic heterocycles. The number of carboxylic acids is 2. The van der Waals surface area contributed by atoms with Gasteiger partial charge in [-0.2, -0.15) is 0 Å². The number of Topliss-reactive ketones (excluding diaryl/α,β-unsaturated/α-hetero) is 1. The maximum absolute atomic E-state index is 12.6. The van der Waals surface area contributed by atoms with Crippen LogP contribution in [0, 0.1) is 0 Å². The molecule has 2 N–H and O–H groups in total. The predicted molar refractivity (Wildman–Crippen MR) is 127 cm³/mol. The molecule has 7 nitrogen and oxygen atoms in total. The minimum absolute atomic E-state index is 0.0146. The number of carboxylic acid groups (broad SMARTS) is 2. The number of aromatic nitrogens is 1. The lowest BCUT2D eigenvalue weighted by atomic mass is 10.00. The predicted octanol–water partition coefficient (Wildman–Crippen LogP) is 5.31. The van der Waals surface area contributed by atoms with Gasteiger partial charge in [-0.25, -0.2) is 14.6 Å². The number of hydrogen-bond acceptors (Lipinski definition) is 6. The molecule has 0 aliphatic heterocycles. The maximum Gasteiger partial charge on any atom is 0.335 e. The Morgan fingerprint density at radius 2 is 1.47 bits per heavy atom. The first-order valence-corrected chi connectivity index (χ1v) is 11.3. The number of carbonyl (C=O) groups is 3. The van der Waals surface area contributed by atoms with Crippen LogP contribution in [0.15, 0.2) is 88.5 Å². The highest BCUT2D eigenvalue weighted by molar-refractivity contribution is 7.99. The average Bonchev–Trinajstić information content (AvgIpc) is 3.28. The smallest absolute Gasteiger partial charge is 0.335 e. The molecule has 0 saturated heterocycles. The van der Waals surface area contributed by atoms with E-state index >= 15 is 0 Å². The van der Waals surface area contributed by atoms with E-state index in [1.807, 2.05) is 60.7 Å². The highest BCUT2D eigenvalue weighted by Gasteiger charge is 2.20. The molecule has 170 valence electrons. The SMILES string of the molecule is O=C(CSc1nc(-c2ccccc2)c(-c2ccccc2)o1)Cc1cc(C(=O)O)ccc1C(=O)O. The number of oxazole rings is 1. The van der Waals surface area contributed by atoms with Crippen LogP contribution in [0.1, 0.15) is 26.3 Å². The van der Waals surface area contributed by atoms with E-state index in [2.05, 4.69) is 4.98 Å². The highest BCUT2D eigenvalue weighted by Crippen LogP contribution is 2.35. The summed E-state index contributed by atoms with van der Waals surface area (Å²) < 4.78 is 6.00. The summed E-state index contributed by atoms with van der Waals surface area (Å²) in [4.78, 5) is 40.0. The number of aromatic carboxylic acids is 2. The van der Waals surface area contributed by atoms with Gasteiger partial charge in [0, 0.05) is 17.5 Å². The molecule has 0 amide bonds. The van der Waals surface area contributed by atoms with E-state index in [0.29, 0.717) is 16.7 Å². The molecule has 0 atom stereocenters. The second-order valence-corrected chi connectivity index (χ2v) is 8.30. The van der Waals surface area contributed by atoms with E-state index in [4.69, 9.17) is 4.42 Å². The van der Waals surface area contributed by atoms with Crippen molar-refractivity contribution in [2.45, 2.75) is 11.6 Å². The number of nitrogens with zero attached hydrogens (tertiary/aromatic N) is 1. The van der Waals surface area contributed by atoms with Gasteiger partial charge in [0.25, 0.3) is 5.22 Å². The second kappa shape index (κ2) is 10.2. The Morgan fingerprint density at radius 1 is 0.824 bits per heavy atom. The third-order valence-corrected chi connectivity index (χ3v) is 5.91. The van der Waals surface area contributed by atoms with Crippen molar-refractivity contribution in [1.29, 1.82) is 0 Å². The molecule has 0 fully saturated rings. The number of benzene rings is 3. The van der Waals surface area contributed by atoms with Crippen molar-refractivity contribution in [3.63, 3.8) is 0 Å². The minimum Gasteiger partial charge on any atom is -0.478 e. The first kappa shape index (κ1) is 23.0. The molecule has 0 radical (unpaired) electrons. The molecule has 34 heavy (non-hydrogen) atoms. The Labute approximate surface area is 199 Å². The largest absolute Gasteiger partial charge is 0.478 e. The first-order chi connectivity index (χ1) is 16.4. The molecule has 0 bridgehead atoms. The first-order valence-electron chi connectivity index (χ1n) is 10.3. The molecule has 4 aromatic rings. The van der Waals surface area contributed by atoms with Crippen LogP contribution in [0.4, 0.5) is 0 Å². The number of hydrogen-bond donors (Lipinski definition) is 2. The standard InChI is InChI=1S/C26H19NO6S/c28-20(14-19-13-18(24(29)30)11-12-21(19)25(31)32)15-34-26-27-22(16-7-3-1-4-8-16)23(33-26)17-9-5-2-6-10-17/h1-13H,14-15H2,(H,29,30)(H,31,32). The molecule has 0 aliphatic rings. The van der Waals surface area contributed by atoms with Crippen LogP contribution in [0.2, 0.25) is 0 Å². The lowest BCUT2D eigenvalue weighted by Crippen LogP contribution is -2.12. The molecular weight excluding hydrogens is 454 g/mol. The average molecular weight is 474 g/mol. The van der Waals surface area contributed by atoms with E-state index in [9.17, 15) is 24.6 Å². The van der Waals surface area contributed by atoms with Crippen molar-refractivity contribution < 1.29 is 29.0 Å². The van der Waals surface area contributed by atoms with Gasteiger partial charge in [0.1, 0.15) is 11.5 Å². The van der Waals surface area contributed by atoms with Gasteiger partial charge in [-0.1, -0.05) is 72.4 Å². The zero-order valence-corrected chi connectivity index (χ0v) is 18.6. The van der Waals surface area contributed by atoms with Crippen LogP contribution in [-0.2, 0) is 11.2 Å². The molecule has 4 rings (SSSR count). The van der Waals surface area contributed by atoms with Crippen molar-refractivity contribution in [2.75, 3.05) is 5.75 Å². The fourth-order valence-electron chi connectivity index (χ4n) is 3.43. The second-order valence-electron chi connectivity index (χ2n) is 7.38. The summed E-state index contributed by atoms with van der Waals surface area (Å²) in [6.45, 7) is 0. The van der Waals surface area contributed by atoms with Gasteiger partial charge in [0.15, 0.2) is 5.76 Å². The Kier molecular flexibility index (Phi) is 6.89. The van der Waals surface area contributed by atoms with Gasteiger partial charge in [-0.15, -0.1) is 0 Å². The van der Waals surface area contributed by atoms with E-state index in [0.717, 1.165) is 22.9 Å². The topological polar surface area (TPSA) is 118 Å². The Bertz CT molecular complexity index is 1290. The van der Waals surface area contributed by atoms with E-state index < -0.39 is 11.9 Å². The van der Waals surface area contributed by atoms with E-state index in [1.54, 1.807) is 0 Å². The normalized spacial score (nSPS) is 10.7. The van der Waals surface area contributed by atoms with Crippen molar-refractivity contribution in [3.05, 3.63) is 95.6 Å². The monoisotopic (exact) mass is 473 g/mol. The van der Waals surface area contributed by atoms with Gasteiger partial charge in [0.05, 0.1) is 16.9 Å². The van der Waals surface area contributed by atoms with E-state index in [1.165, 1.54) is 18.2 Å². The fraction of sp³-hybridized carbons (Fsp3) is 0.0769. The molecule has 0 unspecified atom stereocenters. The van der Waals surface area contributed by atoms with Gasteiger partial charge in [0.2, 0.25) is 0 Å². The summed E-state index contributed by atoms with van der Waals surface area (Å²) in [5.41, 5.74) is 2.36. The van der Waals surface area contributed by atoms with Gasteiger partial charge in [-0.05, 0) is 23.8 Å². The molecule has 0 spiro atoms. The fourth-order valence-corrected chi connectivity index (χ4v) is 4.11. The molecule has 0 aliphatic carbocycles. The molecule has 0 saturated carbocycles. The summed E-state index contributed by atoms with van der Waals surface area (Å²) in [5.74, 6) is -2.12. The molecule has 3 aromatic carbocycles. The van der Waals surface area contributed by atoms with Crippen LogP contribution >= 0.6 is 11.8 Å². The third kappa shape index (κ3) is 5.24. The van der Waals surface area contributed by atoms with Crippen molar-refractivity contribution in [2.24, 2.45) is 0 Å². The number of carbonyl (C=O) groups excluding carboxylic acids is 1. The number of ketones is 1. The van der Waals surface area contributed by atoms with Gasteiger partial charge < -0.3 is 14.6 Å². The lowest BCUT2D eigenvalue weighted by molar-refractivity contribution is -0.116. The highest BCUT2D eigenvalue weighted by atomic mass is 32.2.